The summed E-state index contributed by atoms with van der Waals surface area (Å²) in [5.41, 5.74) is 0. The first-order valence-electron chi connectivity index (χ1n) is 3.37. The highest BCUT2D eigenvalue weighted by atomic mass is 32.2. The Bertz CT molecular complexity index is 101. The van der Waals surface area contributed by atoms with Gasteiger partial charge in [0.25, 0.3) is 0 Å². The molecule has 0 bridgehead atoms. The molecule has 0 radical (unpaired) electrons. The molecule has 0 amide bonds. The fraction of sp³-hybridized carbons (Fsp3) is 0.833. The molecule has 0 rings (SSSR count). The number of hydrogen-bond acceptors (Lipinski definition) is 5. The van der Waals surface area contributed by atoms with Crippen molar-refractivity contribution >= 4 is 18.5 Å². The third-order valence-corrected chi connectivity index (χ3v) is 1.49. The highest BCUT2D eigenvalue weighted by Crippen LogP contribution is 1.92. The highest BCUT2D eigenvalue weighted by molar-refractivity contribution is 7.92. The molecule has 0 saturated carbocycles. The molecule has 0 heterocycles. The van der Waals surface area contributed by atoms with E-state index in [2.05, 4.69) is 9.62 Å². The Morgan fingerprint density at radius 2 is 2.36 bits per heavy atom. The molecule has 1 N–H and O–H groups in total. The molecule has 11 heavy (non-hydrogen) atoms. The van der Waals surface area contributed by atoms with Crippen molar-refractivity contribution in [3.8, 4) is 0 Å². The number of hydrogen-bond donors (Lipinski definition) is 1. The van der Waals surface area contributed by atoms with E-state index < -0.39 is 0 Å². The largest absolute Gasteiger partial charge is 0.308 e. The molecule has 0 saturated heterocycles. The van der Waals surface area contributed by atoms with Gasteiger partial charge in [0.1, 0.15) is 12.9 Å². The van der Waals surface area contributed by atoms with Gasteiger partial charge in [-0.2, -0.15) is 0 Å². The molecule has 0 aliphatic rings. The maximum atomic E-state index is 9.77. The Balaban J connectivity index is 2.85. The van der Waals surface area contributed by atoms with Gasteiger partial charge < -0.3 is 9.69 Å². The van der Waals surface area contributed by atoms with Crippen molar-refractivity contribution in [2.75, 3.05) is 33.8 Å². The van der Waals surface area contributed by atoms with Gasteiger partial charge >= 0.3 is 0 Å². The van der Waals surface area contributed by atoms with Gasteiger partial charge in [-0.25, -0.2) is 4.72 Å². The first kappa shape index (κ1) is 10.9. The van der Waals surface area contributed by atoms with Crippen LogP contribution in [0.3, 0.4) is 0 Å². The third kappa shape index (κ3) is 9.90. The summed E-state index contributed by atoms with van der Waals surface area (Å²) in [5, 5.41) is 0. The lowest BCUT2D eigenvalue weighted by Crippen LogP contribution is -2.22. The van der Waals surface area contributed by atoms with Crippen molar-refractivity contribution in [1.29, 1.82) is 0 Å². The Labute approximate surface area is 71.6 Å². The number of nitrogens with zero attached hydrogens (tertiary/aromatic N) is 1. The molecular weight excluding hydrogens is 164 g/mol. The minimum atomic E-state index is 0.139. The number of likely N-dealkylation sites (N-methyl/N-ethyl adjacent to an activating group) is 1. The van der Waals surface area contributed by atoms with E-state index in [-0.39, 0.29) is 6.61 Å². The number of carbonyl (C=O) groups excluding carboxylic acids is 1. The first-order valence-corrected chi connectivity index (χ1v) is 4.11. The predicted molar refractivity (Wildman–Crippen MR) is 46.2 cm³/mol. The maximum absolute atomic E-state index is 9.77. The minimum absolute atomic E-state index is 0.139. The van der Waals surface area contributed by atoms with E-state index in [1.165, 1.54) is 0 Å². The summed E-state index contributed by atoms with van der Waals surface area (Å²) in [6.07, 6.45) is 0.723. The van der Waals surface area contributed by atoms with Gasteiger partial charge in [0.05, 0.1) is 12.2 Å². The van der Waals surface area contributed by atoms with Gasteiger partial charge in [-0.15, -0.1) is 0 Å². The quantitative estimate of drug-likeness (QED) is 0.255. The molecule has 0 aromatic rings. The number of nitrogens with one attached hydrogen (secondary N) is 1. The average Bonchev–Trinajstić information content (AvgIpc) is 1.96. The SMILES string of the molecule is CN(C)CCNSOCC=O. The van der Waals surface area contributed by atoms with Crippen LogP contribution in [0, 0.1) is 0 Å². The molecule has 0 aliphatic carbocycles. The lowest BCUT2D eigenvalue weighted by atomic mass is 10.6. The van der Waals surface area contributed by atoms with Crippen molar-refractivity contribution in [1.82, 2.24) is 9.62 Å². The second-order valence-electron chi connectivity index (χ2n) is 2.23. The fourth-order valence-electron chi connectivity index (χ4n) is 0.414. The number of rotatable bonds is 7. The minimum Gasteiger partial charge on any atom is -0.308 e. The zero-order chi connectivity index (χ0) is 8.53. The summed E-state index contributed by atoms with van der Waals surface area (Å²) < 4.78 is 7.73. The summed E-state index contributed by atoms with van der Waals surface area (Å²) in [4.78, 5) is 11.8. The molecule has 5 heteroatoms. The van der Waals surface area contributed by atoms with E-state index in [1.807, 2.05) is 14.1 Å². The standard InChI is InChI=1S/C6H14N2O2S/c1-8(2)4-3-7-11-10-6-5-9/h5,7H,3-4,6H2,1-2H3. The van der Waals surface area contributed by atoms with Crippen LogP contribution in [0.25, 0.3) is 0 Å². The van der Waals surface area contributed by atoms with Crippen LogP contribution >= 0.6 is 12.2 Å². The van der Waals surface area contributed by atoms with Gasteiger partial charge in [0.2, 0.25) is 0 Å². The normalized spacial score (nSPS) is 10.5. The van der Waals surface area contributed by atoms with E-state index in [0.717, 1.165) is 31.6 Å². The van der Waals surface area contributed by atoms with Gasteiger partial charge in [-0.05, 0) is 14.1 Å². The van der Waals surface area contributed by atoms with Crippen LogP contribution in [0.15, 0.2) is 0 Å². The molecule has 4 nitrogen and oxygen atoms in total. The molecule has 66 valence electrons. The lowest BCUT2D eigenvalue weighted by molar-refractivity contribution is -0.109. The smallest absolute Gasteiger partial charge is 0.147 e. The van der Waals surface area contributed by atoms with Gasteiger partial charge in [0, 0.05) is 13.1 Å². The van der Waals surface area contributed by atoms with Gasteiger partial charge in [0.15, 0.2) is 0 Å². The van der Waals surface area contributed by atoms with Crippen LogP contribution in [-0.4, -0.2) is 45.0 Å². The van der Waals surface area contributed by atoms with Crippen LogP contribution in [0.2, 0.25) is 0 Å². The van der Waals surface area contributed by atoms with Crippen molar-refractivity contribution in [2.45, 2.75) is 0 Å². The first-order chi connectivity index (χ1) is 5.27. The zero-order valence-electron chi connectivity index (χ0n) is 6.87. The summed E-state index contributed by atoms with van der Waals surface area (Å²) in [6, 6.07) is 0. The van der Waals surface area contributed by atoms with Crippen LogP contribution in [0.5, 0.6) is 0 Å². The molecule has 0 aromatic heterocycles. The van der Waals surface area contributed by atoms with Crippen molar-refractivity contribution < 1.29 is 8.98 Å². The van der Waals surface area contributed by atoms with E-state index in [1.54, 1.807) is 0 Å². The summed E-state index contributed by atoms with van der Waals surface area (Å²) >= 11 is 1.11. The summed E-state index contributed by atoms with van der Waals surface area (Å²) in [6.45, 7) is 1.94. The Hall–Kier alpha value is -0.100. The Kier molecular flexibility index (Phi) is 7.93. The Morgan fingerprint density at radius 1 is 1.64 bits per heavy atom. The van der Waals surface area contributed by atoms with Crippen LogP contribution in [0.1, 0.15) is 0 Å². The fourth-order valence-corrected chi connectivity index (χ4v) is 0.796. The monoisotopic (exact) mass is 178 g/mol. The van der Waals surface area contributed by atoms with Crippen molar-refractivity contribution in [2.24, 2.45) is 0 Å². The summed E-state index contributed by atoms with van der Waals surface area (Å²) in [7, 11) is 4.00. The number of carbonyl (C=O) groups is 1. The second-order valence-corrected chi connectivity index (χ2v) is 2.92. The third-order valence-electron chi connectivity index (χ3n) is 0.915. The lowest BCUT2D eigenvalue weighted by Gasteiger charge is -2.08. The number of aldehydes is 1. The molecule has 0 unspecified atom stereocenters. The van der Waals surface area contributed by atoms with E-state index >= 15 is 0 Å². The predicted octanol–water partition coefficient (Wildman–Crippen LogP) is -0.0837. The highest BCUT2D eigenvalue weighted by Gasteiger charge is 1.89. The van der Waals surface area contributed by atoms with E-state index in [9.17, 15) is 4.79 Å². The topological polar surface area (TPSA) is 41.6 Å². The van der Waals surface area contributed by atoms with Gasteiger partial charge in [-0.1, -0.05) is 0 Å². The van der Waals surface area contributed by atoms with Crippen LogP contribution in [-0.2, 0) is 8.98 Å². The molecular formula is C6H14N2O2S. The van der Waals surface area contributed by atoms with Crippen molar-refractivity contribution in [3.05, 3.63) is 0 Å². The zero-order valence-corrected chi connectivity index (χ0v) is 7.69. The second kappa shape index (κ2) is 8.00. The summed E-state index contributed by atoms with van der Waals surface area (Å²) in [5.74, 6) is 0. The molecule has 0 aromatic carbocycles. The maximum Gasteiger partial charge on any atom is 0.147 e. The average molecular weight is 178 g/mol. The van der Waals surface area contributed by atoms with E-state index in [4.69, 9.17) is 4.18 Å². The van der Waals surface area contributed by atoms with Crippen LogP contribution < -0.4 is 4.72 Å². The van der Waals surface area contributed by atoms with E-state index in [0.29, 0.717) is 0 Å². The Morgan fingerprint density at radius 3 is 2.91 bits per heavy atom. The molecule has 0 atom stereocenters. The molecule has 0 aliphatic heterocycles. The van der Waals surface area contributed by atoms with Crippen LogP contribution in [0.4, 0.5) is 0 Å². The molecule has 0 fully saturated rings. The van der Waals surface area contributed by atoms with Gasteiger partial charge in [-0.3, -0.25) is 4.18 Å². The molecule has 0 spiro atoms. The van der Waals surface area contributed by atoms with Crippen molar-refractivity contribution in [3.63, 3.8) is 0 Å².